The summed E-state index contributed by atoms with van der Waals surface area (Å²) in [6.07, 6.45) is 1.56. The van der Waals surface area contributed by atoms with E-state index in [1.165, 1.54) is 33.5 Å². The van der Waals surface area contributed by atoms with E-state index in [1.54, 1.807) is 17.3 Å². The van der Waals surface area contributed by atoms with Gasteiger partial charge >= 0.3 is 12.0 Å². The molecule has 2 rings (SSSR count). The highest BCUT2D eigenvalue weighted by Gasteiger charge is 2.18. The van der Waals surface area contributed by atoms with Crippen LogP contribution in [0.15, 0.2) is 23.2 Å². The Morgan fingerprint density at radius 3 is 2.27 bits per heavy atom. The zero-order valence-corrected chi connectivity index (χ0v) is 15.1. The lowest BCUT2D eigenvalue weighted by Gasteiger charge is -2.10. The Bertz CT molecular complexity index is 787. The van der Waals surface area contributed by atoms with Crippen molar-refractivity contribution < 1.29 is 23.7 Å². The van der Waals surface area contributed by atoms with Gasteiger partial charge in [-0.15, -0.1) is 0 Å². The molecule has 10 heteroatoms. The van der Waals surface area contributed by atoms with E-state index in [1.807, 2.05) is 14.1 Å². The Balaban J connectivity index is 2.40. The highest BCUT2D eigenvalue weighted by atomic mass is 16.5. The second kappa shape index (κ2) is 8.60. The van der Waals surface area contributed by atoms with Crippen LogP contribution in [-0.4, -0.2) is 67.6 Å². The fourth-order valence-corrected chi connectivity index (χ4v) is 1.74. The summed E-state index contributed by atoms with van der Waals surface area (Å²) in [6.45, 7) is 0. The molecule has 138 valence electrons. The Morgan fingerprint density at radius 2 is 1.73 bits per heavy atom. The van der Waals surface area contributed by atoms with Crippen molar-refractivity contribution in [3.8, 4) is 23.5 Å². The third-order valence-corrected chi connectivity index (χ3v) is 2.92. The summed E-state index contributed by atoms with van der Waals surface area (Å²) in [7, 11) is 7.77. The molecule has 0 amide bonds. The second-order valence-electron chi connectivity index (χ2n) is 5.05. The van der Waals surface area contributed by atoms with E-state index in [0.717, 1.165) is 0 Å². The molecule has 0 radical (unpaired) electrons. The zero-order valence-electron chi connectivity index (χ0n) is 15.1. The highest BCUT2D eigenvalue weighted by molar-refractivity contribution is 5.90. The summed E-state index contributed by atoms with van der Waals surface area (Å²) in [4.78, 5) is 30.2. The molecular weight excluding hydrogens is 342 g/mol. The van der Waals surface area contributed by atoms with Gasteiger partial charge in [0.15, 0.2) is 17.3 Å². The molecule has 0 aliphatic heterocycles. The smallest absolute Gasteiger partial charge is 0.360 e. The first-order valence-electron chi connectivity index (χ1n) is 7.41. The molecule has 0 aliphatic carbocycles. The van der Waals surface area contributed by atoms with Crippen LogP contribution in [0.4, 0.5) is 5.82 Å². The Labute approximate surface area is 150 Å². The molecule has 0 unspecified atom stereocenters. The van der Waals surface area contributed by atoms with Crippen molar-refractivity contribution in [2.24, 2.45) is 4.99 Å². The number of rotatable bonds is 7. The number of hydrogen-bond donors (Lipinski definition) is 0. The van der Waals surface area contributed by atoms with E-state index in [-0.39, 0.29) is 29.2 Å². The number of hydrogen-bond acceptors (Lipinski definition) is 9. The van der Waals surface area contributed by atoms with E-state index in [0.29, 0.717) is 5.82 Å². The fourth-order valence-electron chi connectivity index (χ4n) is 1.74. The van der Waals surface area contributed by atoms with Crippen LogP contribution in [0.5, 0.6) is 23.5 Å². The molecule has 0 bridgehead atoms. The van der Waals surface area contributed by atoms with Gasteiger partial charge in [0.25, 0.3) is 0 Å². The molecule has 0 aliphatic rings. The van der Waals surface area contributed by atoms with Crippen LogP contribution in [0.1, 0.15) is 10.5 Å². The Hall–Kier alpha value is -3.43. The van der Waals surface area contributed by atoms with Crippen molar-refractivity contribution in [1.29, 1.82) is 0 Å². The first-order valence-corrected chi connectivity index (χ1v) is 7.41. The molecule has 0 fully saturated rings. The molecule has 0 spiro atoms. The van der Waals surface area contributed by atoms with Crippen molar-refractivity contribution in [2.75, 3.05) is 35.4 Å². The van der Waals surface area contributed by atoms with Gasteiger partial charge in [0.2, 0.25) is 11.8 Å². The molecule has 0 aromatic carbocycles. The van der Waals surface area contributed by atoms with E-state index in [9.17, 15) is 4.79 Å². The molecule has 10 nitrogen and oxygen atoms in total. The van der Waals surface area contributed by atoms with Crippen molar-refractivity contribution in [1.82, 2.24) is 19.9 Å². The number of ether oxygens (including phenoxy) is 4. The van der Waals surface area contributed by atoms with Crippen molar-refractivity contribution >= 4 is 18.1 Å². The standard InChI is InChI=1S/C16H19N5O5/c1-21(2)9-17-11-7-6-10(14(18-11)15(22)25-5)26-16-19-12(23-3)8-13(20-16)24-4/h6-9H,1-5H3. The van der Waals surface area contributed by atoms with Gasteiger partial charge in [-0.25, -0.2) is 14.8 Å². The molecule has 0 saturated carbocycles. The third kappa shape index (κ3) is 4.79. The summed E-state index contributed by atoms with van der Waals surface area (Å²) < 4.78 is 20.5. The maximum absolute atomic E-state index is 12.0. The summed E-state index contributed by atoms with van der Waals surface area (Å²) >= 11 is 0. The topological polar surface area (TPSA) is 108 Å². The van der Waals surface area contributed by atoms with Gasteiger partial charge in [0.05, 0.1) is 33.7 Å². The number of aromatic nitrogens is 3. The van der Waals surface area contributed by atoms with E-state index < -0.39 is 5.97 Å². The van der Waals surface area contributed by atoms with Crippen LogP contribution >= 0.6 is 0 Å². The minimum Gasteiger partial charge on any atom is -0.481 e. The SMILES string of the molecule is COC(=O)c1nc(N=CN(C)C)ccc1Oc1nc(OC)cc(OC)n1. The molecule has 2 heterocycles. The maximum atomic E-state index is 12.0. The van der Waals surface area contributed by atoms with Crippen LogP contribution in [0, 0.1) is 0 Å². The highest BCUT2D eigenvalue weighted by Crippen LogP contribution is 2.27. The van der Waals surface area contributed by atoms with Crippen LogP contribution in [0.2, 0.25) is 0 Å². The molecule has 2 aromatic heterocycles. The van der Waals surface area contributed by atoms with Crippen molar-refractivity contribution in [3.05, 3.63) is 23.9 Å². The van der Waals surface area contributed by atoms with E-state index in [2.05, 4.69) is 19.9 Å². The maximum Gasteiger partial charge on any atom is 0.360 e. The molecule has 2 aromatic rings. The average molecular weight is 361 g/mol. The van der Waals surface area contributed by atoms with E-state index in [4.69, 9.17) is 18.9 Å². The van der Waals surface area contributed by atoms with Gasteiger partial charge in [0.1, 0.15) is 0 Å². The zero-order chi connectivity index (χ0) is 19.1. The minimum atomic E-state index is -0.684. The third-order valence-electron chi connectivity index (χ3n) is 2.92. The van der Waals surface area contributed by atoms with Crippen molar-refractivity contribution in [3.63, 3.8) is 0 Å². The predicted molar refractivity (Wildman–Crippen MR) is 92.6 cm³/mol. The molecule has 0 saturated heterocycles. The number of carbonyl (C=O) groups is 1. The van der Waals surface area contributed by atoms with Gasteiger partial charge < -0.3 is 23.8 Å². The predicted octanol–water partition coefficient (Wildman–Crippen LogP) is 1.69. The Kier molecular flexibility index (Phi) is 6.25. The number of nitrogens with zero attached hydrogens (tertiary/aromatic N) is 5. The van der Waals surface area contributed by atoms with E-state index >= 15 is 0 Å². The van der Waals surface area contributed by atoms with Gasteiger partial charge in [-0.3, -0.25) is 0 Å². The van der Waals surface area contributed by atoms with Gasteiger partial charge in [-0.1, -0.05) is 0 Å². The minimum absolute atomic E-state index is 0.0636. The monoisotopic (exact) mass is 361 g/mol. The lowest BCUT2D eigenvalue weighted by Crippen LogP contribution is -2.09. The lowest BCUT2D eigenvalue weighted by atomic mass is 10.3. The number of esters is 1. The van der Waals surface area contributed by atoms with Crippen LogP contribution in [0.25, 0.3) is 0 Å². The molecular formula is C16H19N5O5. The number of carbonyl (C=O) groups excluding carboxylic acids is 1. The average Bonchev–Trinajstić information content (AvgIpc) is 2.66. The van der Waals surface area contributed by atoms with Crippen LogP contribution in [-0.2, 0) is 4.74 Å². The Morgan fingerprint density at radius 1 is 1.08 bits per heavy atom. The largest absolute Gasteiger partial charge is 0.481 e. The molecule has 0 atom stereocenters. The second-order valence-corrected chi connectivity index (χ2v) is 5.05. The van der Waals surface area contributed by atoms with Crippen molar-refractivity contribution in [2.45, 2.75) is 0 Å². The number of pyridine rings is 1. The molecule has 0 N–H and O–H groups in total. The van der Waals surface area contributed by atoms with Crippen LogP contribution in [0.3, 0.4) is 0 Å². The van der Waals surface area contributed by atoms with Crippen LogP contribution < -0.4 is 14.2 Å². The van der Waals surface area contributed by atoms with Gasteiger partial charge in [-0.05, 0) is 12.1 Å². The summed E-state index contributed by atoms with van der Waals surface area (Å²) in [5.74, 6) is 0.224. The van der Waals surface area contributed by atoms with Gasteiger partial charge in [-0.2, -0.15) is 9.97 Å². The normalized spacial score (nSPS) is 10.5. The lowest BCUT2D eigenvalue weighted by molar-refractivity contribution is 0.0591. The summed E-state index contributed by atoms with van der Waals surface area (Å²) in [6, 6.07) is 4.53. The molecule has 26 heavy (non-hydrogen) atoms. The summed E-state index contributed by atoms with van der Waals surface area (Å²) in [5.41, 5.74) is -0.0636. The fraction of sp³-hybridized carbons (Fsp3) is 0.312. The number of aliphatic imine (C=N–C) groups is 1. The summed E-state index contributed by atoms with van der Waals surface area (Å²) in [5, 5.41) is 0. The first kappa shape index (κ1) is 18.9. The first-order chi connectivity index (χ1) is 12.5. The quantitative estimate of drug-likeness (QED) is 0.413. The van der Waals surface area contributed by atoms with Gasteiger partial charge in [0, 0.05) is 14.1 Å². The number of methoxy groups -OCH3 is 3.